The van der Waals surface area contributed by atoms with Crippen molar-refractivity contribution < 1.29 is 13.9 Å². The Morgan fingerprint density at radius 1 is 1.10 bits per heavy atom. The molecule has 2 aliphatic rings. The van der Waals surface area contributed by atoms with Crippen LogP contribution in [-0.4, -0.2) is 27.5 Å². The topological polar surface area (TPSA) is 86.4 Å². The first-order valence-electron chi connectivity index (χ1n) is 14.0. The van der Waals surface area contributed by atoms with E-state index >= 15 is 0 Å². The second-order valence-corrected chi connectivity index (χ2v) is 12.7. The summed E-state index contributed by atoms with van der Waals surface area (Å²) in [5, 5.41) is 4.33. The van der Waals surface area contributed by atoms with Gasteiger partial charge in [-0.3, -0.25) is 9.36 Å². The largest absolute Gasteiger partial charge is 0.444 e. The summed E-state index contributed by atoms with van der Waals surface area (Å²) in [5.74, 6) is 1.16. The molecule has 2 saturated carbocycles. The van der Waals surface area contributed by atoms with Crippen LogP contribution in [0.15, 0.2) is 69.0 Å². The summed E-state index contributed by atoms with van der Waals surface area (Å²) >= 11 is 1.47. The zero-order chi connectivity index (χ0) is 28.1. The maximum absolute atomic E-state index is 13.9. The fraction of sp³-hybridized carbons (Fsp3) is 0.406. The van der Waals surface area contributed by atoms with Gasteiger partial charge in [-0.05, 0) is 76.2 Å². The normalized spacial score (nSPS) is 16.5. The molecule has 4 aromatic rings. The van der Waals surface area contributed by atoms with Crippen LogP contribution in [0.2, 0.25) is 0 Å². The Hall–Kier alpha value is -3.52. The van der Waals surface area contributed by atoms with E-state index in [9.17, 15) is 9.59 Å². The number of hydrogen-bond acceptors (Lipinski definition) is 6. The Labute approximate surface area is 238 Å². The number of carbonyl (C=O) groups excluding carboxylic acids is 1. The van der Waals surface area contributed by atoms with E-state index < -0.39 is 17.2 Å². The van der Waals surface area contributed by atoms with Gasteiger partial charge in [0, 0.05) is 17.7 Å². The maximum atomic E-state index is 13.9. The first-order valence-corrected chi connectivity index (χ1v) is 15.2. The molecule has 0 spiro atoms. The van der Waals surface area contributed by atoms with Gasteiger partial charge in [0.05, 0.1) is 5.54 Å². The van der Waals surface area contributed by atoms with Gasteiger partial charge in [0.25, 0.3) is 5.56 Å². The van der Waals surface area contributed by atoms with Gasteiger partial charge in [-0.15, -0.1) is 0 Å². The van der Waals surface area contributed by atoms with E-state index in [-0.39, 0.29) is 5.56 Å². The summed E-state index contributed by atoms with van der Waals surface area (Å²) in [7, 11) is 0. The number of benzene rings is 2. The molecule has 0 saturated heterocycles. The molecule has 0 bridgehead atoms. The molecule has 2 aromatic heterocycles. The van der Waals surface area contributed by atoms with E-state index in [0.29, 0.717) is 34.5 Å². The number of nitrogens with one attached hydrogen (secondary N) is 1. The number of hydrogen-bond donors (Lipinski definition) is 1. The molecule has 1 N–H and O–H groups in total. The lowest BCUT2D eigenvalue weighted by Gasteiger charge is -2.43. The smallest absolute Gasteiger partial charge is 0.408 e. The van der Waals surface area contributed by atoms with Crippen LogP contribution in [0, 0.1) is 5.92 Å². The molecule has 0 unspecified atom stereocenters. The number of alkyl carbamates (subject to hydrolysis) is 1. The highest BCUT2D eigenvalue weighted by molar-refractivity contribution is 7.98. The zero-order valence-electron chi connectivity index (χ0n) is 23.5. The Balaban J connectivity index is 1.43. The van der Waals surface area contributed by atoms with Crippen LogP contribution < -0.4 is 10.9 Å². The molecule has 8 heteroatoms. The van der Waals surface area contributed by atoms with Crippen LogP contribution in [0.1, 0.15) is 58.4 Å². The van der Waals surface area contributed by atoms with E-state index in [1.54, 1.807) is 0 Å². The molecule has 6 rings (SSSR count). The van der Waals surface area contributed by atoms with Crippen LogP contribution in [0.25, 0.3) is 33.6 Å². The summed E-state index contributed by atoms with van der Waals surface area (Å²) in [5.41, 5.74) is 2.87. The number of thioether (sulfide) groups is 1. The molecular weight excluding hydrogens is 522 g/mol. The lowest BCUT2D eigenvalue weighted by molar-refractivity contribution is 0.0377. The Morgan fingerprint density at radius 3 is 2.38 bits per heavy atom. The molecule has 2 aliphatic carbocycles. The van der Waals surface area contributed by atoms with Crippen molar-refractivity contribution in [2.75, 3.05) is 6.26 Å². The highest BCUT2D eigenvalue weighted by atomic mass is 32.2. The summed E-state index contributed by atoms with van der Waals surface area (Å²) < 4.78 is 13.8. The molecule has 2 fully saturated rings. The fourth-order valence-electron chi connectivity index (χ4n) is 5.48. The van der Waals surface area contributed by atoms with Crippen molar-refractivity contribution in [3.8, 4) is 22.5 Å². The van der Waals surface area contributed by atoms with Crippen LogP contribution in [0.3, 0.4) is 0 Å². The van der Waals surface area contributed by atoms with Crippen molar-refractivity contribution in [3.63, 3.8) is 0 Å². The average molecular weight is 558 g/mol. The predicted molar refractivity (Wildman–Crippen MR) is 159 cm³/mol. The Bertz CT molecular complexity index is 1610. The van der Waals surface area contributed by atoms with Crippen molar-refractivity contribution in [2.24, 2.45) is 5.92 Å². The van der Waals surface area contributed by atoms with Gasteiger partial charge >= 0.3 is 6.09 Å². The number of ether oxygens (including phenoxy) is 1. The minimum absolute atomic E-state index is 0.0540. The molecule has 0 radical (unpaired) electrons. The summed E-state index contributed by atoms with van der Waals surface area (Å²) in [6.07, 6.45) is 6.59. The predicted octanol–water partition coefficient (Wildman–Crippen LogP) is 7.36. The summed E-state index contributed by atoms with van der Waals surface area (Å²) in [4.78, 5) is 31.4. The zero-order valence-corrected chi connectivity index (χ0v) is 24.3. The van der Waals surface area contributed by atoms with E-state index in [1.807, 2.05) is 86.2 Å². The Morgan fingerprint density at radius 2 is 1.80 bits per heavy atom. The van der Waals surface area contributed by atoms with Gasteiger partial charge in [0.2, 0.25) is 5.71 Å². The fourth-order valence-corrected chi connectivity index (χ4v) is 6.03. The van der Waals surface area contributed by atoms with E-state index in [4.69, 9.17) is 14.1 Å². The third-order valence-corrected chi connectivity index (χ3v) is 8.48. The molecular formula is C32H35N3O4S. The van der Waals surface area contributed by atoms with E-state index in [2.05, 4.69) is 5.32 Å². The monoisotopic (exact) mass is 557 g/mol. The molecule has 0 atom stereocenters. The van der Waals surface area contributed by atoms with Gasteiger partial charge in [0.15, 0.2) is 5.16 Å². The summed E-state index contributed by atoms with van der Waals surface area (Å²) in [6.45, 7) is 6.28. The molecule has 1 amide bonds. The van der Waals surface area contributed by atoms with Gasteiger partial charge < -0.3 is 14.5 Å². The van der Waals surface area contributed by atoms with Gasteiger partial charge in [-0.25, -0.2) is 4.79 Å². The van der Waals surface area contributed by atoms with Crippen molar-refractivity contribution in [1.29, 1.82) is 0 Å². The lowest BCUT2D eigenvalue weighted by Crippen LogP contribution is -2.52. The number of rotatable bonds is 7. The number of amides is 1. The van der Waals surface area contributed by atoms with E-state index in [1.165, 1.54) is 11.8 Å². The highest BCUT2D eigenvalue weighted by Gasteiger charge is 2.41. The molecule has 2 aromatic carbocycles. The first-order chi connectivity index (χ1) is 19.2. The standard InChI is InChI=1S/C32H35N3O4S/c1-31(2,3)39-30(37)34-32(17-8-18-32)23-15-13-22(14-16-23)26-24(21-9-6-5-7-10-21)25-27(38-26)33-29(40-4)35(28(25)36)19-20-11-12-20/h5-7,9-10,13-16,20H,8,11-12,17-19H2,1-4H3,(H,34,37). The maximum Gasteiger partial charge on any atom is 0.408 e. The van der Waals surface area contributed by atoms with Crippen LogP contribution >= 0.6 is 11.8 Å². The molecule has 40 heavy (non-hydrogen) atoms. The third kappa shape index (κ3) is 5.05. The molecule has 2 heterocycles. The Kier molecular flexibility index (Phi) is 6.77. The minimum Gasteiger partial charge on any atom is -0.444 e. The minimum atomic E-state index is -0.560. The van der Waals surface area contributed by atoms with Crippen LogP contribution in [0.4, 0.5) is 4.79 Å². The number of fused-ring (bicyclic) bond motifs is 1. The second-order valence-electron chi connectivity index (χ2n) is 11.9. The number of nitrogens with zero attached hydrogens (tertiary/aromatic N) is 2. The van der Waals surface area contributed by atoms with Crippen LogP contribution in [-0.2, 0) is 16.8 Å². The quantitative estimate of drug-likeness (QED) is 0.189. The van der Waals surface area contributed by atoms with Crippen molar-refractivity contribution in [2.45, 2.75) is 75.7 Å². The first kappa shape index (κ1) is 26.7. The van der Waals surface area contributed by atoms with Gasteiger partial charge in [-0.1, -0.05) is 66.4 Å². The molecule has 7 nitrogen and oxygen atoms in total. The highest BCUT2D eigenvalue weighted by Crippen LogP contribution is 2.44. The molecule has 208 valence electrons. The third-order valence-electron chi connectivity index (χ3n) is 7.81. The number of aromatic nitrogens is 2. The summed E-state index contributed by atoms with van der Waals surface area (Å²) in [6, 6.07) is 18.0. The van der Waals surface area contributed by atoms with E-state index in [0.717, 1.165) is 54.4 Å². The number of furan rings is 1. The molecule has 0 aliphatic heterocycles. The van der Waals surface area contributed by atoms with Crippen molar-refractivity contribution in [1.82, 2.24) is 14.9 Å². The van der Waals surface area contributed by atoms with Crippen LogP contribution in [0.5, 0.6) is 0 Å². The van der Waals surface area contributed by atoms with Gasteiger partial charge in [-0.2, -0.15) is 4.98 Å². The van der Waals surface area contributed by atoms with Gasteiger partial charge in [0.1, 0.15) is 16.7 Å². The second kappa shape index (κ2) is 10.1. The van der Waals surface area contributed by atoms with Crippen molar-refractivity contribution in [3.05, 3.63) is 70.5 Å². The average Bonchev–Trinajstić information content (AvgIpc) is 3.64. The number of carbonyl (C=O) groups is 1. The van der Waals surface area contributed by atoms with Crippen molar-refractivity contribution >= 4 is 29.0 Å². The lowest BCUT2D eigenvalue weighted by atomic mass is 9.71. The SMILES string of the molecule is CSc1nc2oc(-c3ccc(C4(NC(=O)OC(C)(C)C)CCC4)cc3)c(-c3ccccc3)c2c(=O)n1CC1CC1.